The zero-order chi connectivity index (χ0) is 13.2. The van der Waals surface area contributed by atoms with E-state index in [2.05, 4.69) is 4.74 Å². The number of rotatable bonds is 3. The number of ether oxygens (including phenoxy) is 1. The van der Waals surface area contributed by atoms with Crippen LogP contribution in [0.2, 0.25) is 0 Å². The van der Waals surface area contributed by atoms with E-state index in [9.17, 15) is 18.0 Å². The first-order chi connectivity index (χ1) is 8.48. The van der Waals surface area contributed by atoms with Crippen molar-refractivity contribution in [3.05, 3.63) is 48.3 Å². The molecular weight excluding hydrogens is 247 g/mol. The molecule has 1 aromatic heterocycles. The second kappa shape index (κ2) is 4.56. The molecule has 0 radical (unpaired) electrons. The summed E-state index contributed by atoms with van der Waals surface area (Å²) in [5.41, 5.74) is 1.13. The summed E-state index contributed by atoms with van der Waals surface area (Å²) < 4.78 is 41.2. The van der Waals surface area contributed by atoms with Crippen molar-refractivity contribution in [3.8, 4) is 11.4 Å². The molecule has 1 aromatic carbocycles. The molecule has 0 bridgehead atoms. The summed E-state index contributed by atoms with van der Waals surface area (Å²) >= 11 is 0. The van der Waals surface area contributed by atoms with Crippen molar-refractivity contribution in [1.82, 2.24) is 4.57 Å². The van der Waals surface area contributed by atoms with Crippen LogP contribution < -0.4 is 4.74 Å². The molecule has 0 saturated heterocycles. The van der Waals surface area contributed by atoms with Crippen LogP contribution in [0.1, 0.15) is 10.4 Å². The predicted octanol–water partition coefficient (Wildman–Crippen LogP) is 3.19. The van der Waals surface area contributed by atoms with Crippen LogP contribution in [0.5, 0.6) is 5.75 Å². The number of aldehydes is 1. The van der Waals surface area contributed by atoms with Gasteiger partial charge in [-0.2, -0.15) is 0 Å². The SMILES string of the molecule is O=Cc1ccn(-c2ccc(OC(F)(F)F)cc2)c1. The first-order valence-electron chi connectivity index (χ1n) is 4.97. The van der Waals surface area contributed by atoms with Crippen LogP contribution in [-0.2, 0) is 0 Å². The Balaban J connectivity index is 2.19. The van der Waals surface area contributed by atoms with Gasteiger partial charge < -0.3 is 9.30 Å². The van der Waals surface area contributed by atoms with Gasteiger partial charge in [-0.25, -0.2) is 0 Å². The van der Waals surface area contributed by atoms with Crippen molar-refractivity contribution in [3.63, 3.8) is 0 Å². The molecule has 0 amide bonds. The minimum absolute atomic E-state index is 0.283. The van der Waals surface area contributed by atoms with Gasteiger partial charge in [0.05, 0.1) is 0 Å². The summed E-state index contributed by atoms with van der Waals surface area (Å²) in [7, 11) is 0. The van der Waals surface area contributed by atoms with Gasteiger partial charge in [-0.3, -0.25) is 4.79 Å². The number of hydrogen-bond acceptors (Lipinski definition) is 2. The lowest BCUT2D eigenvalue weighted by molar-refractivity contribution is -0.274. The molecule has 1 heterocycles. The first-order valence-corrected chi connectivity index (χ1v) is 4.97. The quantitative estimate of drug-likeness (QED) is 0.789. The van der Waals surface area contributed by atoms with Crippen molar-refractivity contribution >= 4 is 6.29 Å². The van der Waals surface area contributed by atoms with Crippen LogP contribution in [0.25, 0.3) is 5.69 Å². The second-order valence-corrected chi connectivity index (χ2v) is 3.51. The lowest BCUT2D eigenvalue weighted by Crippen LogP contribution is -2.17. The van der Waals surface area contributed by atoms with E-state index in [0.29, 0.717) is 17.5 Å². The summed E-state index contributed by atoms with van der Waals surface area (Å²) in [5, 5.41) is 0. The molecule has 0 spiro atoms. The van der Waals surface area contributed by atoms with Gasteiger partial charge >= 0.3 is 6.36 Å². The number of halogens is 3. The van der Waals surface area contributed by atoms with E-state index in [4.69, 9.17) is 0 Å². The Labute approximate surface area is 100 Å². The average Bonchev–Trinajstić information content (AvgIpc) is 2.76. The number of carbonyl (C=O) groups excluding carboxylic acids is 1. The maximum atomic E-state index is 11.9. The number of benzene rings is 1. The van der Waals surface area contributed by atoms with E-state index >= 15 is 0 Å². The van der Waals surface area contributed by atoms with Gasteiger partial charge in [-0.15, -0.1) is 13.2 Å². The number of aromatic nitrogens is 1. The highest BCUT2D eigenvalue weighted by Crippen LogP contribution is 2.23. The standard InChI is InChI=1S/C12H8F3NO2/c13-12(14,15)18-11-3-1-10(2-4-11)16-6-5-9(7-16)8-17/h1-8H. The van der Waals surface area contributed by atoms with Crippen LogP contribution in [0.4, 0.5) is 13.2 Å². The fraction of sp³-hybridized carbons (Fsp3) is 0.0833. The molecule has 6 heteroatoms. The lowest BCUT2D eigenvalue weighted by Gasteiger charge is -2.09. The molecule has 0 atom stereocenters. The molecule has 94 valence electrons. The summed E-state index contributed by atoms with van der Waals surface area (Å²) in [6, 6.07) is 6.96. The minimum Gasteiger partial charge on any atom is -0.406 e. The lowest BCUT2D eigenvalue weighted by atomic mass is 10.3. The number of nitrogens with zero attached hydrogens (tertiary/aromatic N) is 1. The number of hydrogen-bond donors (Lipinski definition) is 0. The monoisotopic (exact) mass is 255 g/mol. The van der Waals surface area contributed by atoms with Gasteiger partial charge in [0, 0.05) is 23.6 Å². The van der Waals surface area contributed by atoms with Crippen molar-refractivity contribution < 1.29 is 22.7 Å². The van der Waals surface area contributed by atoms with Gasteiger partial charge in [0.15, 0.2) is 6.29 Å². The van der Waals surface area contributed by atoms with Crippen LogP contribution in [0.3, 0.4) is 0 Å². The Morgan fingerprint density at radius 1 is 1.11 bits per heavy atom. The van der Waals surface area contributed by atoms with Crippen LogP contribution in [-0.4, -0.2) is 17.2 Å². The molecule has 3 nitrogen and oxygen atoms in total. The summed E-state index contributed by atoms with van der Waals surface area (Å²) in [4.78, 5) is 10.5. The molecule has 0 aliphatic rings. The first kappa shape index (κ1) is 12.2. The number of alkyl halides is 3. The molecule has 2 rings (SSSR count). The van der Waals surface area contributed by atoms with E-state index in [1.807, 2.05) is 0 Å². The smallest absolute Gasteiger partial charge is 0.406 e. The van der Waals surface area contributed by atoms with Gasteiger partial charge in [0.1, 0.15) is 5.75 Å². The Morgan fingerprint density at radius 3 is 2.28 bits per heavy atom. The topological polar surface area (TPSA) is 31.2 Å². The Hall–Kier alpha value is -2.24. The summed E-state index contributed by atoms with van der Waals surface area (Å²) in [5.74, 6) is -0.283. The predicted molar refractivity (Wildman–Crippen MR) is 57.8 cm³/mol. The minimum atomic E-state index is -4.69. The van der Waals surface area contributed by atoms with Crippen molar-refractivity contribution in [2.24, 2.45) is 0 Å². The molecule has 0 unspecified atom stereocenters. The molecular formula is C12H8F3NO2. The Morgan fingerprint density at radius 2 is 1.78 bits per heavy atom. The second-order valence-electron chi connectivity index (χ2n) is 3.51. The van der Waals surface area contributed by atoms with Crippen molar-refractivity contribution in [1.29, 1.82) is 0 Å². The Bertz CT molecular complexity index is 543. The van der Waals surface area contributed by atoms with Crippen molar-refractivity contribution in [2.45, 2.75) is 6.36 Å². The third-order valence-corrected chi connectivity index (χ3v) is 2.22. The molecule has 0 aliphatic carbocycles. The molecule has 0 saturated carbocycles. The van der Waals surface area contributed by atoms with Crippen LogP contribution in [0, 0.1) is 0 Å². The van der Waals surface area contributed by atoms with E-state index in [0.717, 1.165) is 0 Å². The van der Waals surface area contributed by atoms with Gasteiger partial charge in [-0.1, -0.05) is 0 Å². The fourth-order valence-corrected chi connectivity index (χ4v) is 1.46. The van der Waals surface area contributed by atoms with E-state index in [-0.39, 0.29) is 5.75 Å². The highest BCUT2D eigenvalue weighted by Gasteiger charge is 2.30. The summed E-state index contributed by atoms with van der Waals surface area (Å²) in [6.45, 7) is 0. The van der Waals surface area contributed by atoms with Crippen molar-refractivity contribution in [2.75, 3.05) is 0 Å². The largest absolute Gasteiger partial charge is 0.573 e. The molecule has 18 heavy (non-hydrogen) atoms. The van der Waals surface area contributed by atoms with Crippen LogP contribution >= 0.6 is 0 Å². The maximum absolute atomic E-state index is 11.9. The maximum Gasteiger partial charge on any atom is 0.573 e. The van der Waals surface area contributed by atoms with E-state index in [1.165, 1.54) is 24.3 Å². The molecule has 0 N–H and O–H groups in total. The zero-order valence-corrected chi connectivity index (χ0v) is 9.02. The average molecular weight is 255 g/mol. The number of carbonyl (C=O) groups is 1. The van der Waals surface area contributed by atoms with Gasteiger partial charge in [-0.05, 0) is 30.3 Å². The highest BCUT2D eigenvalue weighted by atomic mass is 19.4. The summed E-state index contributed by atoms with van der Waals surface area (Å²) in [6.07, 6.45) is -0.784. The van der Waals surface area contributed by atoms with Gasteiger partial charge in [0.25, 0.3) is 0 Å². The molecule has 0 fully saturated rings. The van der Waals surface area contributed by atoms with Crippen LogP contribution in [0.15, 0.2) is 42.7 Å². The Kier molecular flexibility index (Phi) is 3.10. The fourth-order valence-electron chi connectivity index (χ4n) is 1.46. The normalized spacial score (nSPS) is 11.3. The third-order valence-electron chi connectivity index (χ3n) is 2.22. The molecule has 0 aliphatic heterocycles. The van der Waals surface area contributed by atoms with E-state index < -0.39 is 6.36 Å². The van der Waals surface area contributed by atoms with E-state index in [1.54, 1.807) is 23.0 Å². The molecule has 2 aromatic rings. The highest BCUT2D eigenvalue weighted by molar-refractivity contribution is 5.74. The third kappa shape index (κ3) is 2.91. The zero-order valence-electron chi connectivity index (χ0n) is 9.02. The van der Waals surface area contributed by atoms with Gasteiger partial charge in [0.2, 0.25) is 0 Å².